The topological polar surface area (TPSA) is 71.3 Å². The van der Waals surface area contributed by atoms with E-state index in [0.717, 1.165) is 17.7 Å². The molecular formula is C24H30FN5O2. The molecule has 5 rings (SSSR count). The van der Waals surface area contributed by atoms with E-state index in [0.29, 0.717) is 26.1 Å². The Labute approximate surface area is 187 Å². The second-order valence-corrected chi connectivity index (χ2v) is 9.85. The van der Waals surface area contributed by atoms with Crippen LogP contribution in [0.3, 0.4) is 0 Å². The van der Waals surface area contributed by atoms with Crippen molar-refractivity contribution in [3.63, 3.8) is 0 Å². The number of rotatable bonds is 5. The molecule has 1 aliphatic carbocycles. The van der Waals surface area contributed by atoms with Gasteiger partial charge in [-0.25, -0.2) is 4.39 Å². The molecule has 1 spiro atoms. The molecule has 0 radical (unpaired) electrons. The molecule has 7 nitrogen and oxygen atoms in total. The van der Waals surface area contributed by atoms with Gasteiger partial charge in [0.15, 0.2) is 5.67 Å². The summed E-state index contributed by atoms with van der Waals surface area (Å²) in [5.74, 6) is -0.608. The molecule has 2 aliphatic heterocycles. The lowest BCUT2D eigenvalue weighted by Crippen LogP contribution is -2.52. The number of amides is 2. The van der Waals surface area contributed by atoms with Crippen molar-refractivity contribution < 1.29 is 14.0 Å². The standard InChI is InChI=1S/C24H30FN5O2/c1-17(2)30-20(6-11-27-30)19-15-29(22(32)24(25)8-9-24)16-23(19)7-4-12-28(21(23)31)14-18-5-3-10-26-13-18/h3,5-6,10-11,13,17,19H,4,7-9,12,14-16H2,1-2H3/t19-,23-/m1/s1. The molecule has 4 heterocycles. The predicted octanol–water partition coefficient (Wildman–Crippen LogP) is 3.10. The number of halogens is 1. The van der Waals surface area contributed by atoms with Gasteiger partial charge in [0.2, 0.25) is 5.91 Å². The van der Waals surface area contributed by atoms with Crippen LogP contribution in [0.25, 0.3) is 0 Å². The Hall–Kier alpha value is -2.77. The summed E-state index contributed by atoms with van der Waals surface area (Å²) in [6, 6.07) is 5.92. The lowest BCUT2D eigenvalue weighted by atomic mass is 9.70. The summed E-state index contributed by atoms with van der Waals surface area (Å²) in [6.07, 6.45) is 7.36. The number of hydrogen-bond donors (Lipinski definition) is 0. The van der Waals surface area contributed by atoms with Crippen LogP contribution in [-0.2, 0) is 16.1 Å². The molecule has 3 aliphatic rings. The molecule has 2 aromatic heterocycles. The van der Waals surface area contributed by atoms with E-state index in [1.807, 2.05) is 27.8 Å². The van der Waals surface area contributed by atoms with Crippen molar-refractivity contribution in [2.24, 2.45) is 5.41 Å². The van der Waals surface area contributed by atoms with Gasteiger partial charge >= 0.3 is 0 Å². The zero-order chi connectivity index (χ0) is 22.5. The first-order valence-corrected chi connectivity index (χ1v) is 11.5. The van der Waals surface area contributed by atoms with Gasteiger partial charge in [0.05, 0.1) is 5.41 Å². The number of aromatic nitrogens is 3. The Morgan fingerprint density at radius 1 is 1.25 bits per heavy atom. The summed E-state index contributed by atoms with van der Waals surface area (Å²) < 4.78 is 16.7. The number of piperidine rings is 1. The number of pyridine rings is 1. The first-order valence-electron chi connectivity index (χ1n) is 11.5. The fourth-order valence-corrected chi connectivity index (χ4v) is 5.52. The molecule has 32 heavy (non-hydrogen) atoms. The molecule has 2 saturated heterocycles. The molecular weight excluding hydrogens is 409 g/mol. The molecule has 2 aromatic rings. The Morgan fingerprint density at radius 3 is 2.75 bits per heavy atom. The van der Waals surface area contributed by atoms with E-state index in [9.17, 15) is 14.0 Å². The minimum atomic E-state index is -1.73. The Morgan fingerprint density at radius 2 is 2.06 bits per heavy atom. The number of hydrogen-bond acceptors (Lipinski definition) is 4. The summed E-state index contributed by atoms with van der Waals surface area (Å²) >= 11 is 0. The van der Waals surface area contributed by atoms with Crippen molar-refractivity contribution in [2.75, 3.05) is 19.6 Å². The number of alkyl halides is 1. The van der Waals surface area contributed by atoms with Crippen LogP contribution in [-0.4, -0.2) is 61.7 Å². The smallest absolute Gasteiger partial charge is 0.260 e. The molecule has 1 saturated carbocycles. The summed E-state index contributed by atoms with van der Waals surface area (Å²) in [5, 5.41) is 4.49. The SMILES string of the molecule is CC(C)n1nccc1[C@H]1CN(C(=O)C2(F)CC2)C[C@]12CCCN(Cc1cccnc1)C2=O. The van der Waals surface area contributed by atoms with Gasteiger partial charge in [-0.15, -0.1) is 0 Å². The number of likely N-dealkylation sites (tertiary alicyclic amines) is 2. The van der Waals surface area contributed by atoms with E-state index in [-0.39, 0.29) is 37.3 Å². The van der Waals surface area contributed by atoms with Crippen LogP contribution in [0.2, 0.25) is 0 Å². The van der Waals surface area contributed by atoms with E-state index < -0.39 is 17.0 Å². The molecule has 0 unspecified atom stereocenters. The quantitative estimate of drug-likeness (QED) is 0.718. The van der Waals surface area contributed by atoms with Crippen molar-refractivity contribution >= 4 is 11.8 Å². The van der Waals surface area contributed by atoms with Crippen molar-refractivity contribution in [3.05, 3.63) is 48.0 Å². The van der Waals surface area contributed by atoms with E-state index in [1.165, 1.54) is 0 Å². The molecule has 3 fully saturated rings. The molecule has 0 N–H and O–H groups in total. The third kappa shape index (κ3) is 3.40. The second kappa shape index (κ2) is 7.67. The summed E-state index contributed by atoms with van der Waals surface area (Å²) in [6.45, 7) is 5.90. The minimum Gasteiger partial charge on any atom is -0.338 e. The van der Waals surface area contributed by atoms with Crippen LogP contribution in [0.15, 0.2) is 36.8 Å². The maximum absolute atomic E-state index is 14.7. The monoisotopic (exact) mass is 439 g/mol. The second-order valence-electron chi connectivity index (χ2n) is 9.85. The third-order valence-corrected chi connectivity index (χ3v) is 7.31. The van der Waals surface area contributed by atoms with Crippen LogP contribution >= 0.6 is 0 Å². The maximum Gasteiger partial charge on any atom is 0.260 e. The Kier molecular flexibility index (Phi) is 5.06. The largest absolute Gasteiger partial charge is 0.338 e. The zero-order valence-electron chi connectivity index (χ0n) is 18.7. The highest BCUT2D eigenvalue weighted by Crippen LogP contribution is 2.52. The first kappa shape index (κ1) is 21.1. The van der Waals surface area contributed by atoms with Crippen molar-refractivity contribution in [2.45, 2.75) is 63.7 Å². The molecule has 170 valence electrons. The molecule has 2 amide bonds. The first-order chi connectivity index (χ1) is 15.3. The molecule has 0 aromatic carbocycles. The van der Waals surface area contributed by atoms with Gasteiger partial charge < -0.3 is 9.80 Å². The number of carbonyl (C=O) groups is 2. The van der Waals surface area contributed by atoms with E-state index in [1.54, 1.807) is 23.5 Å². The fourth-order valence-electron chi connectivity index (χ4n) is 5.52. The van der Waals surface area contributed by atoms with Gasteiger partial charge in [-0.3, -0.25) is 19.3 Å². The fraction of sp³-hybridized carbons (Fsp3) is 0.583. The van der Waals surface area contributed by atoms with Gasteiger partial charge in [0.1, 0.15) is 0 Å². The molecule has 2 atom stereocenters. The van der Waals surface area contributed by atoms with Gasteiger partial charge in [0, 0.05) is 62.4 Å². The van der Waals surface area contributed by atoms with E-state index in [4.69, 9.17) is 0 Å². The highest BCUT2D eigenvalue weighted by atomic mass is 19.1. The van der Waals surface area contributed by atoms with Crippen molar-refractivity contribution in [1.82, 2.24) is 24.6 Å². The Bertz CT molecular complexity index is 1020. The van der Waals surface area contributed by atoms with Crippen LogP contribution in [0.1, 0.15) is 62.7 Å². The summed E-state index contributed by atoms with van der Waals surface area (Å²) in [5.41, 5.74) is -0.556. The van der Waals surface area contributed by atoms with Gasteiger partial charge in [0.25, 0.3) is 5.91 Å². The van der Waals surface area contributed by atoms with Crippen molar-refractivity contribution in [1.29, 1.82) is 0 Å². The van der Waals surface area contributed by atoms with Gasteiger partial charge in [-0.1, -0.05) is 6.07 Å². The highest BCUT2D eigenvalue weighted by Gasteiger charge is 2.61. The van der Waals surface area contributed by atoms with Crippen LogP contribution in [0.4, 0.5) is 4.39 Å². The number of carbonyl (C=O) groups excluding carboxylic acids is 2. The molecule has 0 bridgehead atoms. The average Bonchev–Trinajstić information content (AvgIpc) is 3.20. The molecule has 8 heteroatoms. The maximum atomic E-state index is 14.7. The summed E-state index contributed by atoms with van der Waals surface area (Å²) in [7, 11) is 0. The van der Waals surface area contributed by atoms with Crippen LogP contribution in [0.5, 0.6) is 0 Å². The lowest BCUT2D eigenvalue weighted by molar-refractivity contribution is -0.148. The lowest BCUT2D eigenvalue weighted by Gasteiger charge is -2.42. The van der Waals surface area contributed by atoms with Crippen LogP contribution in [0, 0.1) is 5.41 Å². The average molecular weight is 440 g/mol. The third-order valence-electron chi connectivity index (χ3n) is 7.31. The Balaban J connectivity index is 1.51. The van der Waals surface area contributed by atoms with Gasteiger partial charge in [-0.05, 0) is 57.2 Å². The minimum absolute atomic E-state index is 0.0492. The normalized spacial score (nSPS) is 26.9. The van der Waals surface area contributed by atoms with Crippen molar-refractivity contribution in [3.8, 4) is 0 Å². The van der Waals surface area contributed by atoms with E-state index in [2.05, 4.69) is 23.9 Å². The zero-order valence-corrected chi connectivity index (χ0v) is 18.7. The van der Waals surface area contributed by atoms with Crippen LogP contribution < -0.4 is 0 Å². The van der Waals surface area contributed by atoms with E-state index >= 15 is 0 Å². The summed E-state index contributed by atoms with van der Waals surface area (Å²) in [4.78, 5) is 34.7. The highest BCUT2D eigenvalue weighted by molar-refractivity contribution is 5.91. The van der Waals surface area contributed by atoms with Gasteiger partial charge in [-0.2, -0.15) is 5.10 Å². The number of nitrogens with zero attached hydrogens (tertiary/aromatic N) is 5. The predicted molar refractivity (Wildman–Crippen MR) is 116 cm³/mol.